The van der Waals surface area contributed by atoms with Crippen molar-refractivity contribution in [2.45, 2.75) is 32.2 Å². The third kappa shape index (κ3) is 2.11. The fraction of sp³-hybridized carbons (Fsp3) is 0.500. The molecular weight excluding hydrogens is 258 g/mol. The quantitative estimate of drug-likeness (QED) is 0.633. The molecule has 0 atom stereocenters. The van der Waals surface area contributed by atoms with Gasteiger partial charge in [0, 0.05) is 35.2 Å². The molecule has 0 spiro atoms. The first-order chi connectivity index (χ1) is 9.70. The Kier molecular flexibility index (Phi) is 3.30. The lowest BCUT2D eigenvalue weighted by Crippen LogP contribution is -2.12. The van der Waals surface area contributed by atoms with Crippen molar-refractivity contribution in [1.29, 1.82) is 0 Å². The van der Waals surface area contributed by atoms with Gasteiger partial charge >= 0.3 is 0 Å². The van der Waals surface area contributed by atoms with Gasteiger partial charge in [0.15, 0.2) is 0 Å². The van der Waals surface area contributed by atoms with E-state index < -0.39 is 0 Å². The van der Waals surface area contributed by atoms with Gasteiger partial charge in [0.2, 0.25) is 12.4 Å². The van der Waals surface area contributed by atoms with Crippen LogP contribution >= 0.6 is 0 Å². The van der Waals surface area contributed by atoms with Crippen LogP contribution < -0.4 is 4.74 Å². The summed E-state index contributed by atoms with van der Waals surface area (Å²) >= 11 is 0. The van der Waals surface area contributed by atoms with E-state index in [2.05, 4.69) is 9.55 Å². The van der Waals surface area contributed by atoms with Crippen LogP contribution in [0.25, 0.3) is 11.0 Å². The first-order valence-corrected chi connectivity index (χ1v) is 6.87. The Balaban J connectivity index is 2.15. The number of hydrogen-bond acceptors (Lipinski definition) is 4. The minimum absolute atomic E-state index is 0.0506. The molecule has 0 saturated heterocycles. The van der Waals surface area contributed by atoms with E-state index in [4.69, 9.17) is 4.74 Å². The molecule has 0 saturated carbocycles. The average molecular weight is 275 g/mol. The molecule has 0 aromatic carbocycles. The first kappa shape index (κ1) is 12.9. The van der Waals surface area contributed by atoms with Gasteiger partial charge in [-0.25, -0.2) is 4.98 Å². The number of aryl methyl sites for hydroxylation is 1. The average Bonchev–Trinajstić information content (AvgIpc) is 2.78. The van der Waals surface area contributed by atoms with E-state index >= 15 is 0 Å². The Morgan fingerprint density at radius 2 is 2.30 bits per heavy atom. The molecule has 0 fully saturated rings. The van der Waals surface area contributed by atoms with E-state index in [1.165, 1.54) is 5.69 Å². The van der Waals surface area contributed by atoms with Crippen LogP contribution in [0, 0.1) is 10.1 Å². The molecule has 2 aromatic rings. The molecule has 1 aliphatic heterocycles. The van der Waals surface area contributed by atoms with Crippen LogP contribution in [0.3, 0.4) is 0 Å². The van der Waals surface area contributed by atoms with Gasteiger partial charge in [-0.3, -0.25) is 10.1 Å². The molecule has 0 amide bonds. The molecule has 1 aliphatic rings. The van der Waals surface area contributed by atoms with Crippen LogP contribution in [0.5, 0.6) is 5.88 Å². The predicted molar refractivity (Wildman–Crippen MR) is 74.8 cm³/mol. The summed E-state index contributed by atoms with van der Waals surface area (Å²) in [6.45, 7) is 0.920. The highest BCUT2D eigenvalue weighted by Gasteiger charge is 2.22. The molecule has 0 bridgehead atoms. The second-order valence-electron chi connectivity index (χ2n) is 5.06. The maximum Gasteiger partial charge on any atom is 0.213 e. The lowest BCUT2D eigenvalue weighted by Gasteiger charge is -2.16. The summed E-state index contributed by atoms with van der Waals surface area (Å²) in [7, 11) is 1.58. The summed E-state index contributed by atoms with van der Waals surface area (Å²) in [6.07, 6.45) is 3.70. The standard InChI is InChI=1S/C14H17N3O3/c1-20-13-6-5-12-14(15-13)10(7-9-17(18)19)11-4-2-3-8-16(11)12/h5-6H,2-4,7-9H2,1H3. The summed E-state index contributed by atoms with van der Waals surface area (Å²) in [4.78, 5) is 14.9. The minimum Gasteiger partial charge on any atom is -0.481 e. The summed E-state index contributed by atoms with van der Waals surface area (Å²) in [5.74, 6) is 0.558. The van der Waals surface area contributed by atoms with Crippen LogP contribution in [-0.4, -0.2) is 28.1 Å². The third-order valence-corrected chi connectivity index (χ3v) is 3.90. The number of ether oxygens (including phenoxy) is 1. The Bertz CT molecular complexity index is 663. The highest BCUT2D eigenvalue weighted by atomic mass is 16.6. The largest absolute Gasteiger partial charge is 0.481 e. The van der Waals surface area contributed by atoms with E-state index in [0.717, 1.165) is 42.4 Å². The molecule has 3 rings (SSSR count). The molecule has 3 heterocycles. The highest BCUT2D eigenvalue weighted by molar-refractivity contribution is 5.82. The van der Waals surface area contributed by atoms with Crippen molar-refractivity contribution in [2.24, 2.45) is 0 Å². The fourth-order valence-corrected chi connectivity index (χ4v) is 3.00. The molecule has 6 heteroatoms. The van der Waals surface area contributed by atoms with Crippen molar-refractivity contribution >= 4 is 11.0 Å². The van der Waals surface area contributed by atoms with Gasteiger partial charge in [0.25, 0.3) is 0 Å². The zero-order valence-electron chi connectivity index (χ0n) is 11.5. The zero-order valence-corrected chi connectivity index (χ0v) is 11.5. The summed E-state index contributed by atoms with van der Waals surface area (Å²) in [6, 6.07) is 3.85. The summed E-state index contributed by atoms with van der Waals surface area (Å²) in [5, 5.41) is 10.7. The summed E-state index contributed by atoms with van der Waals surface area (Å²) < 4.78 is 7.45. The normalized spacial score (nSPS) is 14.2. The maximum absolute atomic E-state index is 10.7. The SMILES string of the molecule is COc1ccc2c(n1)c(CC[N+](=O)[O-])c1n2CCCC1. The predicted octanol–water partition coefficient (Wildman–Crippen LogP) is 2.20. The van der Waals surface area contributed by atoms with Crippen molar-refractivity contribution < 1.29 is 9.66 Å². The van der Waals surface area contributed by atoms with Crippen molar-refractivity contribution in [2.75, 3.05) is 13.7 Å². The molecule has 2 aromatic heterocycles. The number of fused-ring (bicyclic) bond motifs is 3. The van der Waals surface area contributed by atoms with E-state index in [9.17, 15) is 10.1 Å². The van der Waals surface area contributed by atoms with Crippen LogP contribution in [0.15, 0.2) is 12.1 Å². The number of aromatic nitrogens is 2. The molecule has 0 unspecified atom stereocenters. The topological polar surface area (TPSA) is 70.2 Å². The number of nitrogens with zero attached hydrogens (tertiary/aromatic N) is 3. The number of nitro groups is 1. The van der Waals surface area contributed by atoms with Crippen molar-refractivity contribution in [3.63, 3.8) is 0 Å². The van der Waals surface area contributed by atoms with E-state index in [-0.39, 0.29) is 11.5 Å². The molecule has 6 nitrogen and oxygen atoms in total. The fourth-order valence-electron chi connectivity index (χ4n) is 3.00. The minimum atomic E-state index is -0.265. The first-order valence-electron chi connectivity index (χ1n) is 6.87. The number of methoxy groups -OCH3 is 1. The number of hydrogen-bond donors (Lipinski definition) is 0. The molecule has 20 heavy (non-hydrogen) atoms. The van der Waals surface area contributed by atoms with Crippen LogP contribution in [0.1, 0.15) is 24.1 Å². The molecule has 0 N–H and O–H groups in total. The number of pyridine rings is 1. The Hall–Kier alpha value is -2.11. The smallest absolute Gasteiger partial charge is 0.213 e. The lowest BCUT2D eigenvalue weighted by atomic mass is 10.0. The molecule has 106 valence electrons. The van der Waals surface area contributed by atoms with Gasteiger partial charge in [-0.15, -0.1) is 0 Å². The highest BCUT2D eigenvalue weighted by Crippen LogP contribution is 2.31. The lowest BCUT2D eigenvalue weighted by molar-refractivity contribution is -0.479. The van der Waals surface area contributed by atoms with E-state index in [1.54, 1.807) is 7.11 Å². The molecular formula is C14H17N3O3. The van der Waals surface area contributed by atoms with Crippen molar-refractivity contribution in [3.8, 4) is 5.88 Å². The van der Waals surface area contributed by atoms with Crippen LogP contribution in [0.2, 0.25) is 0 Å². The monoisotopic (exact) mass is 275 g/mol. The Labute approximate surface area is 116 Å². The zero-order chi connectivity index (χ0) is 14.1. The molecule has 0 radical (unpaired) electrons. The Morgan fingerprint density at radius 1 is 1.45 bits per heavy atom. The van der Waals surface area contributed by atoms with Crippen molar-refractivity contribution in [1.82, 2.24) is 9.55 Å². The second kappa shape index (κ2) is 5.11. The van der Waals surface area contributed by atoms with Crippen LogP contribution in [-0.2, 0) is 19.4 Å². The van der Waals surface area contributed by atoms with E-state index in [1.807, 2.05) is 12.1 Å². The second-order valence-corrected chi connectivity index (χ2v) is 5.06. The maximum atomic E-state index is 10.7. The van der Waals surface area contributed by atoms with Crippen molar-refractivity contribution in [3.05, 3.63) is 33.5 Å². The van der Waals surface area contributed by atoms with Gasteiger partial charge in [-0.1, -0.05) is 0 Å². The van der Waals surface area contributed by atoms with Gasteiger partial charge in [-0.05, 0) is 25.3 Å². The van der Waals surface area contributed by atoms with Crippen LogP contribution in [0.4, 0.5) is 0 Å². The third-order valence-electron chi connectivity index (χ3n) is 3.90. The van der Waals surface area contributed by atoms with E-state index in [0.29, 0.717) is 12.3 Å². The number of rotatable bonds is 4. The van der Waals surface area contributed by atoms with Gasteiger partial charge in [0.05, 0.1) is 18.1 Å². The van der Waals surface area contributed by atoms with Gasteiger partial charge in [0.1, 0.15) is 0 Å². The summed E-state index contributed by atoms with van der Waals surface area (Å²) in [5.41, 5.74) is 4.17. The van der Waals surface area contributed by atoms with Gasteiger partial charge in [-0.2, -0.15) is 0 Å². The van der Waals surface area contributed by atoms with Gasteiger partial charge < -0.3 is 9.30 Å². The Morgan fingerprint density at radius 3 is 3.05 bits per heavy atom. The molecule has 0 aliphatic carbocycles.